The summed E-state index contributed by atoms with van der Waals surface area (Å²) in [5.41, 5.74) is 3.23. The lowest BCUT2D eigenvalue weighted by atomic mass is 10.2. The quantitative estimate of drug-likeness (QED) is 0.533. The molecule has 1 fully saturated rings. The van der Waals surface area contributed by atoms with Crippen molar-refractivity contribution < 1.29 is 4.74 Å². The first-order valence-electron chi connectivity index (χ1n) is 10.0. The molecular formula is C22H28N6O. The normalized spacial score (nSPS) is 15.0. The van der Waals surface area contributed by atoms with Crippen molar-refractivity contribution in [1.29, 1.82) is 0 Å². The average molecular weight is 393 g/mol. The molecule has 0 unspecified atom stereocenters. The van der Waals surface area contributed by atoms with Gasteiger partial charge in [0.25, 0.3) is 0 Å². The Kier molecular flexibility index (Phi) is 5.84. The van der Waals surface area contributed by atoms with Crippen LogP contribution in [-0.4, -0.2) is 67.1 Å². The van der Waals surface area contributed by atoms with Gasteiger partial charge in [0, 0.05) is 58.6 Å². The molecule has 1 saturated heterocycles. The number of aromatic nitrogens is 2. The van der Waals surface area contributed by atoms with E-state index in [1.165, 1.54) is 0 Å². The van der Waals surface area contributed by atoms with Crippen molar-refractivity contribution in [3.63, 3.8) is 0 Å². The zero-order valence-corrected chi connectivity index (χ0v) is 17.1. The highest BCUT2D eigenvalue weighted by Gasteiger charge is 2.21. The van der Waals surface area contributed by atoms with Gasteiger partial charge in [-0.25, -0.2) is 4.98 Å². The van der Waals surface area contributed by atoms with Crippen LogP contribution >= 0.6 is 0 Å². The molecule has 0 aliphatic carbocycles. The molecule has 2 aromatic heterocycles. The number of fused-ring (bicyclic) bond motifs is 1. The number of imidazole rings is 1. The minimum absolute atomic E-state index is 0.809. The number of guanidine groups is 1. The Hall–Kier alpha value is -3.22. The van der Waals surface area contributed by atoms with Crippen LogP contribution in [-0.2, 0) is 6.42 Å². The standard InChI is InChI=1S/C22H28N6O/c1-23-22(24-11-10-18-17-28-12-6-5-9-21(28)25-18)27-15-13-26(14-16-27)19-7-3-4-8-20(19)29-2/h3-9,12,17H,10-11,13-16H2,1-2H3,(H,23,24). The fraction of sp³-hybridized carbons (Fsp3) is 0.364. The molecule has 3 aromatic rings. The fourth-order valence-electron chi connectivity index (χ4n) is 3.79. The van der Waals surface area contributed by atoms with Crippen LogP contribution in [0.1, 0.15) is 5.69 Å². The average Bonchev–Trinajstić information content (AvgIpc) is 3.20. The SMILES string of the molecule is CN=C(NCCc1cn2ccccc2n1)N1CCN(c2ccccc2OC)CC1. The van der Waals surface area contributed by atoms with Crippen LogP contribution in [0.4, 0.5) is 5.69 Å². The summed E-state index contributed by atoms with van der Waals surface area (Å²) in [4.78, 5) is 13.8. The van der Waals surface area contributed by atoms with Crippen molar-refractivity contribution in [3.8, 4) is 5.75 Å². The molecule has 3 heterocycles. The monoisotopic (exact) mass is 392 g/mol. The molecule has 0 spiro atoms. The van der Waals surface area contributed by atoms with Gasteiger partial charge in [-0.15, -0.1) is 0 Å². The summed E-state index contributed by atoms with van der Waals surface area (Å²) < 4.78 is 7.57. The minimum Gasteiger partial charge on any atom is -0.495 e. The summed E-state index contributed by atoms with van der Waals surface area (Å²) >= 11 is 0. The van der Waals surface area contributed by atoms with Gasteiger partial charge in [0.1, 0.15) is 11.4 Å². The molecule has 7 heteroatoms. The van der Waals surface area contributed by atoms with Crippen LogP contribution in [0.15, 0.2) is 59.9 Å². The first kappa shape index (κ1) is 19.1. The second-order valence-corrected chi connectivity index (χ2v) is 7.07. The molecule has 0 atom stereocenters. The topological polar surface area (TPSA) is 57.4 Å². The lowest BCUT2D eigenvalue weighted by Crippen LogP contribution is -2.52. The van der Waals surface area contributed by atoms with Crippen molar-refractivity contribution in [1.82, 2.24) is 19.6 Å². The number of ether oxygens (including phenoxy) is 1. The van der Waals surface area contributed by atoms with Crippen molar-refractivity contribution in [2.45, 2.75) is 6.42 Å². The lowest BCUT2D eigenvalue weighted by molar-refractivity contribution is 0.367. The number of rotatable bonds is 5. The van der Waals surface area contributed by atoms with Gasteiger partial charge in [-0.1, -0.05) is 18.2 Å². The van der Waals surface area contributed by atoms with E-state index in [0.717, 1.165) is 67.9 Å². The van der Waals surface area contributed by atoms with Gasteiger partial charge in [-0.05, 0) is 24.3 Å². The number of para-hydroxylation sites is 2. The lowest BCUT2D eigenvalue weighted by Gasteiger charge is -2.38. The Labute approximate surface area is 171 Å². The zero-order valence-electron chi connectivity index (χ0n) is 17.1. The van der Waals surface area contributed by atoms with Crippen LogP contribution in [0, 0.1) is 0 Å². The van der Waals surface area contributed by atoms with Crippen molar-refractivity contribution in [2.24, 2.45) is 4.99 Å². The molecule has 0 saturated carbocycles. The second kappa shape index (κ2) is 8.86. The number of piperazine rings is 1. The first-order valence-corrected chi connectivity index (χ1v) is 10.0. The zero-order chi connectivity index (χ0) is 20.1. The molecule has 0 bridgehead atoms. The van der Waals surface area contributed by atoms with Gasteiger partial charge in [-0.3, -0.25) is 4.99 Å². The van der Waals surface area contributed by atoms with Crippen molar-refractivity contribution in [2.75, 3.05) is 51.8 Å². The first-order chi connectivity index (χ1) is 14.3. The molecule has 4 rings (SSSR count). The summed E-state index contributed by atoms with van der Waals surface area (Å²) in [6, 6.07) is 14.3. The highest BCUT2D eigenvalue weighted by atomic mass is 16.5. The smallest absolute Gasteiger partial charge is 0.193 e. The summed E-state index contributed by atoms with van der Waals surface area (Å²) in [5, 5.41) is 3.49. The molecule has 1 aromatic carbocycles. The maximum absolute atomic E-state index is 5.51. The number of nitrogens with zero attached hydrogens (tertiary/aromatic N) is 5. The summed E-state index contributed by atoms with van der Waals surface area (Å²) in [6.07, 6.45) is 4.98. The Bertz CT molecular complexity index is 941. The van der Waals surface area contributed by atoms with E-state index in [1.54, 1.807) is 7.11 Å². The fourth-order valence-corrected chi connectivity index (χ4v) is 3.79. The van der Waals surface area contributed by atoms with E-state index in [4.69, 9.17) is 4.74 Å². The predicted octanol–water partition coefficient (Wildman–Crippen LogP) is 2.28. The Balaban J connectivity index is 1.30. The van der Waals surface area contributed by atoms with Gasteiger partial charge < -0.3 is 24.3 Å². The van der Waals surface area contributed by atoms with E-state index in [-0.39, 0.29) is 0 Å². The molecule has 1 aliphatic heterocycles. The van der Waals surface area contributed by atoms with Gasteiger partial charge in [0.2, 0.25) is 0 Å². The molecule has 0 radical (unpaired) electrons. The third-order valence-electron chi connectivity index (χ3n) is 5.30. The Morgan fingerprint density at radius 2 is 1.90 bits per heavy atom. The van der Waals surface area contributed by atoms with Gasteiger partial charge in [-0.2, -0.15) is 0 Å². The van der Waals surface area contributed by atoms with Crippen molar-refractivity contribution >= 4 is 17.3 Å². The maximum atomic E-state index is 5.51. The highest BCUT2D eigenvalue weighted by Crippen LogP contribution is 2.28. The van der Waals surface area contributed by atoms with Gasteiger partial charge >= 0.3 is 0 Å². The Morgan fingerprint density at radius 1 is 1.10 bits per heavy atom. The second-order valence-electron chi connectivity index (χ2n) is 7.07. The number of anilines is 1. The number of hydrogen-bond donors (Lipinski definition) is 1. The van der Waals surface area contributed by atoms with E-state index in [1.807, 2.05) is 43.6 Å². The Morgan fingerprint density at radius 3 is 2.66 bits per heavy atom. The van der Waals surface area contributed by atoms with E-state index in [0.29, 0.717) is 0 Å². The largest absolute Gasteiger partial charge is 0.495 e. The van der Waals surface area contributed by atoms with Crippen LogP contribution in [0.25, 0.3) is 5.65 Å². The molecule has 29 heavy (non-hydrogen) atoms. The maximum Gasteiger partial charge on any atom is 0.193 e. The molecular weight excluding hydrogens is 364 g/mol. The van der Waals surface area contributed by atoms with Crippen LogP contribution in [0.3, 0.4) is 0 Å². The third kappa shape index (κ3) is 4.29. The minimum atomic E-state index is 0.809. The summed E-state index contributed by atoms with van der Waals surface area (Å²) in [6.45, 7) is 4.53. The number of benzene rings is 1. The molecule has 152 valence electrons. The molecule has 1 N–H and O–H groups in total. The van der Waals surface area contributed by atoms with Crippen molar-refractivity contribution in [3.05, 3.63) is 60.6 Å². The van der Waals surface area contributed by atoms with E-state index in [2.05, 4.69) is 47.8 Å². The molecule has 0 amide bonds. The number of nitrogens with one attached hydrogen (secondary N) is 1. The van der Waals surface area contributed by atoms with Crippen LogP contribution < -0.4 is 15.0 Å². The number of methoxy groups -OCH3 is 1. The number of hydrogen-bond acceptors (Lipinski definition) is 4. The highest BCUT2D eigenvalue weighted by molar-refractivity contribution is 5.80. The number of aliphatic imine (C=N–C) groups is 1. The molecule has 7 nitrogen and oxygen atoms in total. The van der Waals surface area contributed by atoms with E-state index in [9.17, 15) is 0 Å². The third-order valence-corrected chi connectivity index (χ3v) is 5.30. The summed E-state index contributed by atoms with van der Waals surface area (Å²) in [5.74, 6) is 1.88. The predicted molar refractivity (Wildman–Crippen MR) is 117 cm³/mol. The van der Waals surface area contributed by atoms with E-state index >= 15 is 0 Å². The summed E-state index contributed by atoms with van der Waals surface area (Å²) in [7, 11) is 3.57. The number of pyridine rings is 1. The van der Waals surface area contributed by atoms with Gasteiger partial charge in [0.15, 0.2) is 5.96 Å². The van der Waals surface area contributed by atoms with Crippen LogP contribution in [0.5, 0.6) is 5.75 Å². The molecule has 1 aliphatic rings. The van der Waals surface area contributed by atoms with Crippen LogP contribution in [0.2, 0.25) is 0 Å². The van der Waals surface area contributed by atoms with Gasteiger partial charge in [0.05, 0.1) is 18.5 Å². The van der Waals surface area contributed by atoms with E-state index < -0.39 is 0 Å².